The molecule has 0 N–H and O–H groups in total. The van der Waals surface area contributed by atoms with Crippen LogP contribution < -0.4 is 10.3 Å². The Morgan fingerprint density at radius 1 is 1.04 bits per heavy atom. The number of thiophene rings is 1. The number of aryl methyl sites for hydroxylation is 1. The van der Waals surface area contributed by atoms with Crippen LogP contribution in [0.2, 0.25) is 5.02 Å². The molecule has 4 aromatic rings. The van der Waals surface area contributed by atoms with Crippen molar-refractivity contribution in [2.75, 3.05) is 6.61 Å². The molecule has 2 heterocycles. The van der Waals surface area contributed by atoms with Gasteiger partial charge in [0.25, 0.3) is 5.56 Å². The fourth-order valence-electron chi connectivity index (χ4n) is 2.97. The SMILES string of the molecule is O=c1c2cc(-c3ccccc3)sc2ncn1CCCCOc1ccc(Cl)cc1. The summed E-state index contributed by atoms with van der Waals surface area (Å²) >= 11 is 7.41. The lowest BCUT2D eigenvalue weighted by Gasteiger charge is -2.07. The second-order valence-corrected chi connectivity index (χ2v) is 7.92. The van der Waals surface area contributed by atoms with E-state index in [-0.39, 0.29) is 5.56 Å². The predicted octanol–water partition coefficient (Wildman–Crippen LogP) is 5.64. The first kappa shape index (κ1) is 18.7. The van der Waals surface area contributed by atoms with E-state index in [1.807, 2.05) is 60.7 Å². The van der Waals surface area contributed by atoms with Crippen LogP contribution >= 0.6 is 22.9 Å². The molecule has 2 aromatic heterocycles. The third-order valence-electron chi connectivity index (χ3n) is 4.45. The summed E-state index contributed by atoms with van der Waals surface area (Å²) in [5.41, 5.74) is 1.12. The number of rotatable bonds is 7. The van der Waals surface area contributed by atoms with Crippen molar-refractivity contribution in [2.45, 2.75) is 19.4 Å². The minimum Gasteiger partial charge on any atom is -0.494 e. The first-order valence-corrected chi connectivity index (χ1v) is 10.3. The Kier molecular flexibility index (Phi) is 5.74. The second kappa shape index (κ2) is 8.59. The van der Waals surface area contributed by atoms with Gasteiger partial charge in [0.1, 0.15) is 10.6 Å². The van der Waals surface area contributed by atoms with Gasteiger partial charge >= 0.3 is 0 Å². The molecule has 0 radical (unpaired) electrons. The van der Waals surface area contributed by atoms with Gasteiger partial charge < -0.3 is 4.74 Å². The van der Waals surface area contributed by atoms with Crippen LogP contribution in [0.25, 0.3) is 20.7 Å². The van der Waals surface area contributed by atoms with Gasteiger partial charge in [-0.25, -0.2) is 4.98 Å². The van der Waals surface area contributed by atoms with Gasteiger partial charge in [0.2, 0.25) is 0 Å². The van der Waals surface area contributed by atoms with Crippen LogP contribution in [-0.4, -0.2) is 16.2 Å². The van der Waals surface area contributed by atoms with Crippen molar-refractivity contribution in [3.8, 4) is 16.2 Å². The summed E-state index contributed by atoms with van der Waals surface area (Å²) in [4.78, 5) is 19.1. The van der Waals surface area contributed by atoms with Gasteiger partial charge in [-0.2, -0.15) is 0 Å². The number of nitrogens with zero attached hydrogens (tertiary/aromatic N) is 2. The van der Waals surface area contributed by atoms with Gasteiger partial charge in [-0.15, -0.1) is 11.3 Å². The zero-order valence-electron chi connectivity index (χ0n) is 15.2. The lowest BCUT2D eigenvalue weighted by molar-refractivity contribution is 0.303. The van der Waals surface area contributed by atoms with Gasteiger partial charge in [0.05, 0.1) is 18.3 Å². The van der Waals surface area contributed by atoms with E-state index in [2.05, 4.69) is 4.98 Å². The van der Waals surface area contributed by atoms with Gasteiger partial charge in [-0.3, -0.25) is 9.36 Å². The highest BCUT2D eigenvalue weighted by Crippen LogP contribution is 2.30. The number of ether oxygens (including phenoxy) is 1. The molecule has 0 saturated heterocycles. The molecule has 6 heteroatoms. The molecule has 0 aliphatic carbocycles. The monoisotopic (exact) mass is 410 g/mol. The summed E-state index contributed by atoms with van der Waals surface area (Å²) in [5.74, 6) is 0.802. The Hall–Kier alpha value is -2.63. The lowest BCUT2D eigenvalue weighted by Crippen LogP contribution is -2.20. The number of benzene rings is 2. The van der Waals surface area contributed by atoms with Gasteiger partial charge in [0, 0.05) is 16.4 Å². The topological polar surface area (TPSA) is 44.1 Å². The summed E-state index contributed by atoms with van der Waals surface area (Å²) in [6.07, 6.45) is 3.35. The first-order valence-electron chi connectivity index (χ1n) is 9.13. The van der Waals surface area contributed by atoms with Gasteiger partial charge in [-0.05, 0) is 48.7 Å². The fourth-order valence-corrected chi connectivity index (χ4v) is 4.09. The van der Waals surface area contributed by atoms with Crippen LogP contribution in [0.1, 0.15) is 12.8 Å². The smallest absolute Gasteiger partial charge is 0.262 e. The zero-order chi connectivity index (χ0) is 19.3. The maximum absolute atomic E-state index is 12.8. The number of hydrogen-bond acceptors (Lipinski definition) is 4. The lowest BCUT2D eigenvalue weighted by atomic mass is 10.2. The van der Waals surface area contributed by atoms with Crippen LogP contribution in [-0.2, 0) is 6.54 Å². The molecule has 0 aliphatic heterocycles. The Balaban J connectivity index is 1.38. The number of aromatic nitrogens is 2. The average Bonchev–Trinajstić information content (AvgIpc) is 3.17. The van der Waals surface area contributed by atoms with E-state index in [1.165, 1.54) is 0 Å². The van der Waals surface area contributed by atoms with E-state index in [9.17, 15) is 4.79 Å². The first-order chi connectivity index (χ1) is 13.7. The molecule has 0 unspecified atom stereocenters. The maximum Gasteiger partial charge on any atom is 0.262 e. The zero-order valence-corrected chi connectivity index (χ0v) is 16.7. The summed E-state index contributed by atoms with van der Waals surface area (Å²) in [6, 6.07) is 19.3. The fraction of sp³-hybridized carbons (Fsp3) is 0.182. The van der Waals surface area contributed by atoms with Crippen LogP contribution in [0, 0.1) is 0 Å². The van der Waals surface area contributed by atoms with Crippen LogP contribution in [0.4, 0.5) is 0 Å². The molecular weight excluding hydrogens is 392 g/mol. The number of hydrogen-bond donors (Lipinski definition) is 0. The summed E-state index contributed by atoms with van der Waals surface area (Å²) in [6.45, 7) is 1.23. The number of unbranched alkanes of at least 4 members (excludes halogenated alkanes) is 1. The Morgan fingerprint density at radius 3 is 2.61 bits per heavy atom. The van der Waals surface area contributed by atoms with Crippen molar-refractivity contribution in [2.24, 2.45) is 0 Å². The molecule has 0 fully saturated rings. The van der Waals surface area contributed by atoms with E-state index in [0.717, 1.165) is 33.9 Å². The third kappa shape index (κ3) is 4.26. The molecule has 0 aliphatic rings. The van der Waals surface area contributed by atoms with Crippen molar-refractivity contribution in [3.63, 3.8) is 0 Å². The van der Waals surface area contributed by atoms with Gasteiger partial charge in [-0.1, -0.05) is 41.9 Å². The Bertz CT molecular complexity index is 1120. The molecule has 0 amide bonds. The molecule has 142 valence electrons. The van der Waals surface area contributed by atoms with Crippen LogP contribution in [0.3, 0.4) is 0 Å². The molecule has 28 heavy (non-hydrogen) atoms. The Morgan fingerprint density at radius 2 is 1.82 bits per heavy atom. The van der Waals surface area contributed by atoms with Crippen molar-refractivity contribution in [1.29, 1.82) is 0 Å². The highest BCUT2D eigenvalue weighted by molar-refractivity contribution is 7.21. The molecule has 4 nitrogen and oxygen atoms in total. The average molecular weight is 411 g/mol. The molecule has 0 bridgehead atoms. The number of fused-ring (bicyclic) bond motifs is 1. The molecule has 0 spiro atoms. The van der Waals surface area contributed by atoms with Gasteiger partial charge in [0.15, 0.2) is 0 Å². The highest BCUT2D eigenvalue weighted by atomic mass is 35.5. The molecule has 2 aromatic carbocycles. The largest absolute Gasteiger partial charge is 0.494 e. The normalized spacial score (nSPS) is 11.0. The summed E-state index contributed by atoms with van der Waals surface area (Å²) < 4.78 is 7.38. The summed E-state index contributed by atoms with van der Waals surface area (Å²) in [7, 11) is 0. The minimum atomic E-state index is 0.0158. The van der Waals surface area contributed by atoms with Crippen LogP contribution in [0.15, 0.2) is 71.8 Å². The van der Waals surface area contributed by atoms with Crippen LogP contribution in [0.5, 0.6) is 5.75 Å². The molecule has 0 atom stereocenters. The number of halogens is 1. The van der Waals surface area contributed by atoms with Crippen molar-refractivity contribution >= 4 is 33.2 Å². The van der Waals surface area contributed by atoms with E-state index < -0.39 is 0 Å². The van der Waals surface area contributed by atoms with Crippen molar-refractivity contribution in [1.82, 2.24) is 9.55 Å². The molecule has 4 rings (SSSR count). The van der Waals surface area contributed by atoms with E-state index in [1.54, 1.807) is 22.2 Å². The summed E-state index contributed by atoms with van der Waals surface area (Å²) in [5, 5.41) is 1.38. The van der Waals surface area contributed by atoms with Crippen molar-refractivity contribution < 1.29 is 4.74 Å². The van der Waals surface area contributed by atoms with Crippen molar-refractivity contribution in [3.05, 3.63) is 82.4 Å². The van der Waals surface area contributed by atoms with E-state index in [0.29, 0.717) is 23.6 Å². The standard InChI is InChI=1S/C22H19ClN2O2S/c23-17-8-10-18(11-9-17)27-13-5-4-12-25-15-24-21-19(22(25)26)14-20(28-21)16-6-2-1-3-7-16/h1-3,6-11,14-15H,4-5,12-13H2. The molecular formula is C22H19ClN2O2S. The molecule has 0 saturated carbocycles. The maximum atomic E-state index is 12.8. The third-order valence-corrected chi connectivity index (χ3v) is 5.80. The van der Waals surface area contributed by atoms with E-state index in [4.69, 9.17) is 16.3 Å². The van der Waals surface area contributed by atoms with E-state index >= 15 is 0 Å². The predicted molar refractivity (Wildman–Crippen MR) is 115 cm³/mol. The second-order valence-electron chi connectivity index (χ2n) is 6.45. The Labute approximate surface area is 172 Å². The minimum absolute atomic E-state index is 0.0158. The highest BCUT2D eigenvalue weighted by Gasteiger charge is 2.10. The quantitative estimate of drug-likeness (QED) is 0.370.